The molecule has 1 N–H and O–H groups in total. The molecule has 0 spiro atoms. The molecule has 202 valence electrons. The molecule has 39 heavy (non-hydrogen) atoms. The molecule has 0 radical (unpaired) electrons. The molecule has 1 saturated heterocycles. The van der Waals surface area contributed by atoms with E-state index in [1.807, 2.05) is 0 Å². The first kappa shape index (κ1) is 27.7. The largest absolute Gasteiger partial charge is 0.494 e. The van der Waals surface area contributed by atoms with Gasteiger partial charge in [0.2, 0.25) is 0 Å². The molecule has 8 nitrogen and oxygen atoms in total. The number of imide groups is 2. The third-order valence-corrected chi connectivity index (χ3v) is 6.10. The number of methoxy groups -OCH3 is 1. The summed E-state index contributed by atoms with van der Waals surface area (Å²) in [5.41, 5.74) is 1.10. The van der Waals surface area contributed by atoms with E-state index in [4.69, 9.17) is 25.8 Å². The summed E-state index contributed by atoms with van der Waals surface area (Å²) in [4.78, 5) is 39.3. The van der Waals surface area contributed by atoms with Crippen molar-refractivity contribution in [3.05, 3.63) is 88.2 Å². The number of ether oxygens (including phenoxy) is 3. The van der Waals surface area contributed by atoms with Gasteiger partial charge in [-0.15, -0.1) is 0 Å². The van der Waals surface area contributed by atoms with Crippen molar-refractivity contribution < 1.29 is 33.0 Å². The summed E-state index contributed by atoms with van der Waals surface area (Å²) >= 11 is 6.45. The lowest BCUT2D eigenvalue weighted by Gasteiger charge is -2.26. The maximum atomic E-state index is 13.3. The Balaban J connectivity index is 1.57. The SMILES string of the molecule is CCCCOc1ccc(N2C(=O)NC(=O)/C(=C/c3cc(Cl)c(OCc4ccc(F)cc4)c(OC)c3)C2=O)cc1. The number of nitrogens with zero attached hydrogens (tertiary/aromatic N) is 1. The van der Waals surface area contributed by atoms with E-state index in [1.165, 1.54) is 31.4 Å². The minimum absolute atomic E-state index is 0.108. The number of anilines is 1. The average Bonchev–Trinajstić information content (AvgIpc) is 2.92. The van der Waals surface area contributed by atoms with Gasteiger partial charge in [-0.25, -0.2) is 14.1 Å². The smallest absolute Gasteiger partial charge is 0.335 e. The maximum absolute atomic E-state index is 13.3. The summed E-state index contributed by atoms with van der Waals surface area (Å²) in [5, 5.41) is 2.36. The van der Waals surface area contributed by atoms with Gasteiger partial charge in [-0.3, -0.25) is 14.9 Å². The van der Waals surface area contributed by atoms with Crippen molar-refractivity contribution in [3.8, 4) is 17.2 Å². The summed E-state index contributed by atoms with van der Waals surface area (Å²) in [7, 11) is 1.42. The zero-order chi connectivity index (χ0) is 27.9. The summed E-state index contributed by atoms with van der Waals surface area (Å²) in [6.07, 6.45) is 3.21. The Bertz CT molecular complexity index is 1410. The number of carbonyl (C=O) groups excluding carboxylic acids is 3. The molecule has 0 atom stereocenters. The van der Waals surface area contributed by atoms with Crippen LogP contribution in [0.3, 0.4) is 0 Å². The van der Waals surface area contributed by atoms with Crippen molar-refractivity contribution >= 4 is 41.2 Å². The standard InChI is InChI=1S/C29H26ClFN2O6/c1-3-4-13-38-22-11-9-21(10-12-22)33-28(35)23(27(34)32-29(33)36)14-19-15-24(30)26(25(16-19)37-2)39-17-18-5-7-20(31)8-6-18/h5-12,14-16H,3-4,13,17H2,1-2H3,(H,32,34,36)/b23-14-. The Morgan fingerprint density at radius 2 is 1.72 bits per heavy atom. The second-order valence-electron chi connectivity index (χ2n) is 8.60. The van der Waals surface area contributed by atoms with E-state index < -0.39 is 17.8 Å². The van der Waals surface area contributed by atoms with E-state index in [9.17, 15) is 18.8 Å². The highest BCUT2D eigenvalue weighted by Gasteiger charge is 2.37. The number of rotatable bonds is 10. The van der Waals surface area contributed by atoms with Crippen LogP contribution in [0.5, 0.6) is 17.2 Å². The normalized spacial score (nSPS) is 14.4. The Kier molecular flexibility index (Phi) is 8.83. The van der Waals surface area contributed by atoms with E-state index >= 15 is 0 Å². The summed E-state index contributed by atoms with van der Waals surface area (Å²) in [6.45, 7) is 2.72. The van der Waals surface area contributed by atoms with Crippen molar-refractivity contribution in [1.82, 2.24) is 5.32 Å². The number of carbonyl (C=O) groups is 3. The molecular weight excluding hydrogens is 527 g/mol. The Hall–Kier alpha value is -4.37. The molecule has 1 fully saturated rings. The molecule has 0 unspecified atom stereocenters. The van der Waals surface area contributed by atoms with Gasteiger partial charge in [0.1, 0.15) is 23.7 Å². The van der Waals surface area contributed by atoms with Crippen LogP contribution < -0.4 is 24.4 Å². The Morgan fingerprint density at radius 1 is 1.00 bits per heavy atom. The van der Waals surface area contributed by atoms with Crippen LogP contribution in [0, 0.1) is 5.82 Å². The predicted octanol–water partition coefficient (Wildman–Crippen LogP) is 5.91. The topological polar surface area (TPSA) is 94.2 Å². The van der Waals surface area contributed by atoms with Crippen molar-refractivity contribution in [3.63, 3.8) is 0 Å². The summed E-state index contributed by atoms with van der Waals surface area (Å²) < 4.78 is 30.0. The van der Waals surface area contributed by atoms with Crippen LogP contribution in [0.2, 0.25) is 5.02 Å². The highest BCUT2D eigenvalue weighted by Crippen LogP contribution is 2.38. The predicted molar refractivity (Wildman–Crippen MR) is 145 cm³/mol. The van der Waals surface area contributed by atoms with Gasteiger partial charge in [-0.2, -0.15) is 0 Å². The Morgan fingerprint density at radius 3 is 2.38 bits per heavy atom. The quantitative estimate of drug-likeness (QED) is 0.191. The molecule has 3 aromatic carbocycles. The van der Waals surface area contributed by atoms with Gasteiger partial charge in [0.15, 0.2) is 11.5 Å². The number of urea groups is 1. The van der Waals surface area contributed by atoms with E-state index in [0.29, 0.717) is 17.9 Å². The first-order valence-electron chi connectivity index (χ1n) is 12.2. The fraction of sp³-hybridized carbons (Fsp3) is 0.207. The minimum atomic E-state index is -0.859. The highest BCUT2D eigenvalue weighted by atomic mass is 35.5. The van der Waals surface area contributed by atoms with E-state index in [2.05, 4.69) is 12.2 Å². The number of barbiturate groups is 1. The average molecular weight is 553 g/mol. The lowest BCUT2D eigenvalue weighted by molar-refractivity contribution is -0.122. The number of nitrogens with one attached hydrogen (secondary N) is 1. The van der Waals surface area contributed by atoms with Crippen LogP contribution >= 0.6 is 11.6 Å². The molecular formula is C29H26ClFN2O6. The number of benzene rings is 3. The van der Waals surface area contributed by atoms with Gasteiger partial charge < -0.3 is 14.2 Å². The first-order chi connectivity index (χ1) is 18.8. The molecule has 1 aliphatic heterocycles. The maximum Gasteiger partial charge on any atom is 0.335 e. The number of halogens is 2. The molecule has 0 saturated carbocycles. The number of hydrogen-bond donors (Lipinski definition) is 1. The molecule has 1 aliphatic rings. The minimum Gasteiger partial charge on any atom is -0.494 e. The van der Waals surface area contributed by atoms with Gasteiger partial charge in [-0.05, 0) is 72.2 Å². The van der Waals surface area contributed by atoms with Gasteiger partial charge in [0.05, 0.1) is 24.4 Å². The number of amides is 4. The van der Waals surface area contributed by atoms with Gasteiger partial charge in [-0.1, -0.05) is 37.1 Å². The second kappa shape index (κ2) is 12.4. The summed E-state index contributed by atoms with van der Waals surface area (Å²) in [6, 6.07) is 14.4. The van der Waals surface area contributed by atoms with E-state index in [-0.39, 0.29) is 40.2 Å². The zero-order valence-electron chi connectivity index (χ0n) is 21.3. The molecule has 10 heteroatoms. The van der Waals surface area contributed by atoms with Crippen LogP contribution in [0.4, 0.5) is 14.9 Å². The van der Waals surface area contributed by atoms with Gasteiger partial charge in [0, 0.05) is 0 Å². The molecule has 3 aromatic rings. The molecule has 4 rings (SSSR count). The van der Waals surface area contributed by atoms with Gasteiger partial charge in [0.25, 0.3) is 11.8 Å². The van der Waals surface area contributed by atoms with Crippen LogP contribution in [-0.2, 0) is 16.2 Å². The third kappa shape index (κ3) is 6.56. The second-order valence-corrected chi connectivity index (χ2v) is 9.01. The van der Waals surface area contributed by atoms with E-state index in [1.54, 1.807) is 42.5 Å². The Labute approximate surface area is 229 Å². The zero-order valence-corrected chi connectivity index (χ0v) is 22.1. The highest BCUT2D eigenvalue weighted by molar-refractivity contribution is 6.39. The van der Waals surface area contributed by atoms with E-state index in [0.717, 1.165) is 23.3 Å². The molecule has 4 amide bonds. The lowest BCUT2D eigenvalue weighted by atomic mass is 10.1. The molecule has 1 heterocycles. The molecule has 0 bridgehead atoms. The third-order valence-electron chi connectivity index (χ3n) is 5.82. The van der Waals surface area contributed by atoms with Gasteiger partial charge >= 0.3 is 6.03 Å². The fourth-order valence-electron chi connectivity index (χ4n) is 3.78. The van der Waals surface area contributed by atoms with Crippen molar-refractivity contribution in [2.75, 3.05) is 18.6 Å². The summed E-state index contributed by atoms with van der Waals surface area (Å²) in [5.74, 6) is -0.897. The molecule has 0 aromatic heterocycles. The fourth-order valence-corrected chi connectivity index (χ4v) is 4.06. The van der Waals surface area contributed by atoms with Crippen molar-refractivity contribution in [1.29, 1.82) is 0 Å². The van der Waals surface area contributed by atoms with Crippen molar-refractivity contribution in [2.24, 2.45) is 0 Å². The van der Waals surface area contributed by atoms with Crippen LogP contribution in [0.15, 0.2) is 66.2 Å². The molecule has 0 aliphatic carbocycles. The monoisotopic (exact) mass is 552 g/mol. The number of hydrogen-bond acceptors (Lipinski definition) is 6. The van der Waals surface area contributed by atoms with Crippen LogP contribution in [0.25, 0.3) is 6.08 Å². The first-order valence-corrected chi connectivity index (χ1v) is 12.6. The van der Waals surface area contributed by atoms with Crippen LogP contribution in [0.1, 0.15) is 30.9 Å². The lowest BCUT2D eigenvalue weighted by Crippen LogP contribution is -2.54. The van der Waals surface area contributed by atoms with Crippen molar-refractivity contribution in [2.45, 2.75) is 26.4 Å². The number of unbranched alkanes of at least 4 members (excludes halogenated alkanes) is 1. The van der Waals surface area contributed by atoms with Crippen LogP contribution in [-0.4, -0.2) is 31.6 Å².